The number of hydrogen-bond acceptors (Lipinski definition) is 3. The van der Waals surface area contributed by atoms with E-state index in [1.54, 1.807) is 0 Å². The minimum absolute atomic E-state index is 0.0609. The minimum atomic E-state index is -0.172. The highest BCUT2D eigenvalue weighted by atomic mass is 16.5. The Morgan fingerprint density at radius 2 is 1.89 bits per heavy atom. The fourth-order valence-electron chi connectivity index (χ4n) is 2.53. The Morgan fingerprint density at radius 3 is 2.39 bits per heavy atom. The summed E-state index contributed by atoms with van der Waals surface area (Å²) in [6.45, 7) is 4.98. The molecule has 1 fully saturated rings. The number of carbonyl (C=O) groups is 1. The zero-order chi connectivity index (χ0) is 13.4. The number of hydrogen-bond donors (Lipinski definition) is 2. The first kappa shape index (κ1) is 15.4. The van der Waals surface area contributed by atoms with E-state index in [-0.39, 0.29) is 17.6 Å². The van der Waals surface area contributed by atoms with Crippen molar-refractivity contribution in [3.05, 3.63) is 0 Å². The summed E-state index contributed by atoms with van der Waals surface area (Å²) < 4.78 is 5.97. The molecule has 0 heterocycles. The van der Waals surface area contributed by atoms with Crippen LogP contribution in [0.15, 0.2) is 0 Å². The van der Waals surface area contributed by atoms with Gasteiger partial charge >= 0.3 is 0 Å². The largest absolute Gasteiger partial charge is 0.373 e. The first-order valence-corrected chi connectivity index (χ1v) is 7.21. The van der Waals surface area contributed by atoms with Crippen LogP contribution in [0.4, 0.5) is 0 Å². The van der Waals surface area contributed by atoms with Crippen LogP contribution in [-0.2, 0) is 9.53 Å². The Morgan fingerprint density at radius 1 is 1.28 bits per heavy atom. The summed E-state index contributed by atoms with van der Waals surface area (Å²) in [7, 11) is 0. The number of rotatable bonds is 6. The molecule has 0 aliphatic heterocycles. The summed E-state index contributed by atoms with van der Waals surface area (Å²) in [6, 6.07) is 0.193. The van der Waals surface area contributed by atoms with Crippen molar-refractivity contribution in [2.24, 2.45) is 5.73 Å². The van der Waals surface area contributed by atoms with E-state index in [4.69, 9.17) is 10.5 Å². The molecule has 0 aromatic carbocycles. The fraction of sp³-hybridized carbons (Fsp3) is 0.929. The second kappa shape index (κ2) is 7.74. The maximum absolute atomic E-state index is 11.5. The van der Waals surface area contributed by atoms with E-state index in [9.17, 15) is 4.79 Å². The van der Waals surface area contributed by atoms with Crippen LogP contribution in [0.1, 0.15) is 58.8 Å². The number of carbonyl (C=O) groups excluding carboxylic acids is 1. The molecule has 0 aromatic heterocycles. The summed E-state index contributed by atoms with van der Waals surface area (Å²) in [5, 5.41) is 2.87. The molecule has 1 aliphatic carbocycles. The minimum Gasteiger partial charge on any atom is -0.373 e. The second-order valence-electron chi connectivity index (χ2n) is 5.62. The van der Waals surface area contributed by atoms with Gasteiger partial charge in [-0.15, -0.1) is 0 Å². The Kier molecular flexibility index (Phi) is 6.65. The van der Waals surface area contributed by atoms with Crippen molar-refractivity contribution in [2.45, 2.75) is 70.4 Å². The average molecular weight is 256 g/mol. The van der Waals surface area contributed by atoms with Crippen LogP contribution in [0, 0.1) is 0 Å². The zero-order valence-corrected chi connectivity index (χ0v) is 11.8. The normalized spacial score (nSPS) is 19.6. The van der Waals surface area contributed by atoms with E-state index in [2.05, 4.69) is 5.32 Å². The van der Waals surface area contributed by atoms with E-state index >= 15 is 0 Å². The summed E-state index contributed by atoms with van der Waals surface area (Å²) in [5.41, 5.74) is 5.71. The molecule has 0 spiro atoms. The van der Waals surface area contributed by atoms with Gasteiger partial charge in [0.15, 0.2) is 0 Å². The molecule has 106 valence electrons. The smallest absolute Gasteiger partial charge is 0.222 e. The highest BCUT2D eigenvalue weighted by molar-refractivity contribution is 5.76. The molecule has 4 nitrogen and oxygen atoms in total. The Balaban J connectivity index is 2.32. The van der Waals surface area contributed by atoms with Crippen molar-refractivity contribution in [1.29, 1.82) is 0 Å². The van der Waals surface area contributed by atoms with E-state index in [0.29, 0.717) is 19.6 Å². The summed E-state index contributed by atoms with van der Waals surface area (Å²) in [6.07, 6.45) is 7.44. The quantitative estimate of drug-likeness (QED) is 0.714. The monoisotopic (exact) mass is 256 g/mol. The summed E-state index contributed by atoms with van der Waals surface area (Å²) >= 11 is 0. The first-order valence-electron chi connectivity index (χ1n) is 7.21. The Bertz CT molecular complexity index is 246. The van der Waals surface area contributed by atoms with Crippen molar-refractivity contribution in [1.82, 2.24) is 5.32 Å². The predicted octanol–water partition coefficient (Wildman–Crippen LogP) is 1.97. The van der Waals surface area contributed by atoms with Gasteiger partial charge in [-0.05, 0) is 26.7 Å². The van der Waals surface area contributed by atoms with Crippen LogP contribution in [0.25, 0.3) is 0 Å². The third-order valence-corrected chi connectivity index (χ3v) is 3.57. The molecule has 0 radical (unpaired) electrons. The maximum Gasteiger partial charge on any atom is 0.222 e. The van der Waals surface area contributed by atoms with Gasteiger partial charge in [0.1, 0.15) is 0 Å². The van der Waals surface area contributed by atoms with Crippen LogP contribution < -0.4 is 11.1 Å². The summed E-state index contributed by atoms with van der Waals surface area (Å²) in [5.74, 6) is 0.0609. The Hall–Kier alpha value is -0.610. The van der Waals surface area contributed by atoms with Crippen LogP contribution in [0.2, 0.25) is 0 Å². The molecule has 0 aromatic rings. The van der Waals surface area contributed by atoms with Gasteiger partial charge in [0.2, 0.25) is 5.91 Å². The lowest BCUT2D eigenvalue weighted by Crippen LogP contribution is -2.41. The molecule has 0 unspecified atom stereocenters. The highest BCUT2D eigenvalue weighted by Crippen LogP contribution is 2.29. The topological polar surface area (TPSA) is 64.3 Å². The second-order valence-corrected chi connectivity index (χ2v) is 5.62. The van der Waals surface area contributed by atoms with Crippen molar-refractivity contribution >= 4 is 5.91 Å². The van der Waals surface area contributed by atoms with Gasteiger partial charge in [-0.1, -0.05) is 25.7 Å². The molecule has 4 heteroatoms. The number of ether oxygens (including phenoxy) is 1. The highest BCUT2D eigenvalue weighted by Gasteiger charge is 2.30. The number of amides is 1. The van der Waals surface area contributed by atoms with Crippen LogP contribution >= 0.6 is 0 Å². The molecular weight excluding hydrogens is 228 g/mol. The molecule has 1 rings (SSSR count). The first-order chi connectivity index (χ1) is 8.58. The number of nitrogens with one attached hydrogen (secondary N) is 1. The van der Waals surface area contributed by atoms with Crippen molar-refractivity contribution in [3.63, 3.8) is 0 Å². The SMILES string of the molecule is CC(C)NC(=O)CCOC1(CN)CCCCCC1. The molecule has 1 saturated carbocycles. The molecule has 0 saturated heterocycles. The number of nitrogens with two attached hydrogens (primary N) is 1. The third-order valence-electron chi connectivity index (χ3n) is 3.57. The third kappa shape index (κ3) is 5.36. The van der Waals surface area contributed by atoms with Crippen molar-refractivity contribution in [2.75, 3.05) is 13.2 Å². The lowest BCUT2D eigenvalue weighted by atomic mass is 9.94. The van der Waals surface area contributed by atoms with Crippen molar-refractivity contribution < 1.29 is 9.53 Å². The molecule has 1 amide bonds. The van der Waals surface area contributed by atoms with Gasteiger partial charge < -0.3 is 15.8 Å². The lowest BCUT2D eigenvalue weighted by molar-refractivity contribution is -0.124. The fourth-order valence-corrected chi connectivity index (χ4v) is 2.53. The van der Waals surface area contributed by atoms with Gasteiger partial charge in [-0.3, -0.25) is 4.79 Å². The average Bonchev–Trinajstić information content (AvgIpc) is 2.54. The van der Waals surface area contributed by atoms with E-state index in [0.717, 1.165) is 12.8 Å². The molecular formula is C14H28N2O2. The lowest BCUT2D eigenvalue weighted by Gasteiger charge is -2.31. The van der Waals surface area contributed by atoms with Gasteiger partial charge in [0.25, 0.3) is 0 Å². The van der Waals surface area contributed by atoms with Gasteiger partial charge in [-0.25, -0.2) is 0 Å². The molecule has 0 bridgehead atoms. The van der Waals surface area contributed by atoms with E-state index < -0.39 is 0 Å². The summed E-state index contributed by atoms with van der Waals surface area (Å²) in [4.78, 5) is 11.5. The Labute approximate surface area is 111 Å². The van der Waals surface area contributed by atoms with Crippen LogP contribution in [0.5, 0.6) is 0 Å². The van der Waals surface area contributed by atoms with Gasteiger partial charge in [-0.2, -0.15) is 0 Å². The van der Waals surface area contributed by atoms with Crippen molar-refractivity contribution in [3.8, 4) is 0 Å². The predicted molar refractivity (Wildman–Crippen MR) is 73.3 cm³/mol. The van der Waals surface area contributed by atoms with Gasteiger partial charge in [0.05, 0.1) is 12.2 Å². The molecule has 0 atom stereocenters. The maximum atomic E-state index is 11.5. The molecule has 3 N–H and O–H groups in total. The standard InChI is InChI=1S/C14H28N2O2/c1-12(2)16-13(17)7-10-18-14(11-15)8-5-3-4-6-9-14/h12H,3-11,15H2,1-2H3,(H,16,17). The van der Waals surface area contributed by atoms with Crippen LogP contribution in [-0.4, -0.2) is 30.7 Å². The van der Waals surface area contributed by atoms with E-state index in [1.807, 2.05) is 13.8 Å². The van der Waals surface area contributed by atoms with Crippen LogP contribution in [0.3, 0.4) is 0 Å². The van der Waals surface area contributed by atoms with E-state index in [1.165, 1.54) is 25.7 Å². The zero-order valence-electron chi connectivity index (χ0n) is 11.8. The van der Waals surface area contributed by atoms with Gasteiger partial charge in [0, 0.05) is 19.0 Å². The molecule has 18 heavy (non-hydrogen) atoms. The molecule has 1 aliphatic rings.